The lowest BCUT2D eigenvalue weighted by atomic mass is 9.99. The molecule has 0 aliphatic rings. The van der Waals surface area contributed by atoms with Gasteiger partial charge >= 0.3 is 0 Å². The van der Waals surface area contributed by atoms with Crippen LogP contribution in [0.1, 0.15) is 4.11 Å². The van der Waals surface area contributed by atoms with E-state index in [4.69, 9.17) is 19.1 Å². The van der Waals surface area contributed by atoms with E-state index in [1.165, 1.54) is 31.3 Å². The van der Waals surface area contributed by atoms with Crippen molar-refractivity contribution in [2.45, 2.75) is 0 Å². The van der Waals surface area contributed by atoms with Gasteiger partial charge in [0.1, 0.15) is 0 Å². The van der Waals surface area contributed by atoms with Crippen molar-refractivity contribution < 1.29 is 4.11 Å². The standard InChI is InChI=1S/C51H32N4S/c1-3-15-33(16-4-1)35-29-30-47-43(32-35)41-25-14-24-38(48(41)56-47)36-19-13-20-37(31-36)50-52-49(34-17-5-2-6-18-34)53-51(54-50)42-23-9-12-28-46(42)55-44-26-10-7-21-39(44)40-22-8-11-27-45(40)55/h1-32H/i7D,10D,21D. The summed E-state index contributed by atoms with van der Waals surface area (Å²) < 4.78 is 30.5. The van der Waals surface area contributed by atoms with Crippen LogP contribution in [0.2, 0.25) is 0 Å². The first-order valence-corrected chi connectivity index (χ1v) is 19.3. The molecule has 5 heteroatoms. The number of thiophene rings is 1. The van der Waals surface area contributed by atoms with Gasteiger partial charge in [0.05, 0.1) is 20.8 Å². The minimum Gasteiger partial charge on any atom is -0.309 e. The average molecular weight is 736 g/mol. The van der Waals surface area contributed by atoms with Crippen LogP contribution in [0, 0.1) is 0 Å². The third-order valence-electron chi connectivity index (χ3n) is 10.5. The van der Waals surface area contributed by atoms with Gasteiger partial charge in [0.25, 0.3) is 0 Å². The normalized spacial score (nSPS) is 12.3. The lowest BCUT2D eigenvalue weighted by Crippen LogP contribution is -2.03. The Morgan fingerprint density at radius 3 is 1.93 bits per heavy atom. The Morgan fingerprint density at radius 2 is 1.05 bits per heavy atom. The Balaban J connectivity index is 1.09. The molecule has 0 N–H and O–H groups in total. The molecule has 0 unspecified atom stereocenters. The molecule has 0 radical (unpaired) electrons. The van der Waals surface area contributed by atoms with E-state index in [9.17, 15) is 0 Å². The molecule has 11 rings (SSSR count). The van der Waals surface area contributed by atoms with Crippen LogP contribution in [-0.4, -0.2) is 19.5 Å². The summed E-state index contributed by atoms with van der Waals surface area (Å²) in [5.74, 6) is 1.59. The summed E-state index contributed by atoms with van der Waals surface area (Å²) in [6, 6.07) is 59.7. The molecule has 0 spiro atoms. The third kappa shape index (κ3) is 5.40. The van der Waals surface area contributed by atoms with E-state index in [2.05, 4.69) is 89.5 Å². The van der Waals surface area contributed by atoms with Gasteiger partial charge in [0.2, 0.25) is 0 Å². The minimum atomic E-state index is -0.0914. The van der Waals surface area contributed by atoms with E-state index in [0.29, 0.717) is 28.4 Å². The number of benzene rings is 8. The Hall–Kier alpha value is -7.21. The Morgan fingerprint density at radius 1 is 0.411 bits per heavy atom. The van der Waals surface area contributed by atoms with Gasteiger partial charge in [0, 0.05) is 47.6 Å². The van der Waals surface area contributed by atoms with Crippen molar-refractivity contribution >= 4 is 53.3 Å². The summed E-state index contributed by atoms with van der Waals surface area (Å²) in [6.07, 6.45) is 0. The first kappa shape index (κ1) is 29.2. The van der Waals surface area contributed by atoms with E-state index >= 15 is 0 Å². The summed E-state index contributed by atoms with van der Waals surface area (Å²) >= 11 is 1.81. The lowest BCUT2D eigenvalue weighted by Gasteiger charge is -2.14. The molecule has 0 bridgehead atoms. The van der Waals surface area contributed by atoms with Gasteiger partial charge in [-0.05, 0) is 64.7 Å². The molecule has 3 heterocycles. The van der Waals surface area contributed by atoms with Crippen molar-refractivity contribution in [3.63, 3.8) is 0 Å². The van der Waals surface area contributed by atoms with Crippen molar-refractivity contribution in [1.82, 2.24) is 19.5 Å². The maximum atomic E-state index is 8.89. The summed E-state index contributed by atoms with van der Waals surface area (Å²) in [7, 11) is 0. The topological polar surface area (TPSA) is 43.6 Å². The molecular weight excluding hydrogens is 701 g/mol. The molecule has 0 fully saturated rings. The third-order valence-corrected chi connectivity index (χ3v) is 11.7. The first-order valence-electron chi connectivity index (χ1n) is 20.0. The van der Waals surface area contributed by atoms with Gasteiger partial charge in [-0.3, -0.25) is 0 Å². The van der Waals surface area contributed by atoms with Crippen molar-refractivity contribution in [3.05, 3.63) is 194 Å². The molecular formula is C51H32N4S. The molecule has 8 aromatic carbocycles. The number of fused-ring (bicyclic) bond motifs is 6. The van der Waals surface area contributed by atoms with Gasteiger partial charge in [-0.1, -0.05) is 152 Å². The lowest BCUT2D eigenvalue weighted by molar-refractivity contribution is 1.06. The van der Waals surface area contributed by atoms with E-state index in [1.807, 2.05) is 96.3 Å². The summed E-state index contributed by atoms with van der Waals surface area (Å²) in [6.45, 7) is 0. The van der Waals surface area contributed by atoms with Gasteiger partial charge < -0.3 is 4.57 Å². The van der Waals surface area contributed by atoms with E-state index in [-0.39, 0.29) is 18.1 Å². The fourth-order valence-corrected chi connectivity index (χ4v) is 9.07. The predicted octanol–water partition coefficient (Wildman–Crippen LogP) is 13.7. The minimum absolute atomic E-state index is 0.000930. The maximum absolute atomic E-state index is 8.89. The average Bonchev–Trinajstić information content (AvgIpc) is 3.84. The van der Waals surface area contributed by atoms with Crippen LogP contribution in [0.5, 0.6) is 0 Å². The van der Waals surface area contributed by atoms with Crippen LogP contribution in [0.25, 0.3) is 104 Å². The molecule has 0 saturated heterocycles. The zero-order valence-corrected chi connectivity index (χ0v) is 30.8. The number of aromatic nitrogens is 4. The largest absolute Gasteiger partial charge is 0.309 e. The monoisotopic (exact) mass is 735 g/mol. The second-order valence-corrected chi connectivity index (χ2v) is 14.8. The number of rotatable bonds is 6. The highest BCUT2D eigenvalue weighted by Gasteiger charge is 2.19. The van der Waals surface area contributed by atoms with Crippen LogP contribution < -0.4 is 0 Å². The van der Waals surface area contributed by atoms with Crippen molar-refractivity contribution in [2.24, 2.45) is 0 Å². The highest BCUT2D eigenvalue weighted by Crippen LogP contribution is 2.42. The van der Waals surface area contributed by atoms with Crippen molar-refractivity contribution in [1.29, 1.82) is 0 Å². The molecule has 11 aromatic rings. The molecule has 0 atom stereocenters. The van der Waals surface area contributed by atoms with Gasteiger partial charge in [-0.25, -0.2) is 15.0 Å². The number of para-hydroxylation sites is 3. The maximum Gasteiger partial charge on any atom is 0.166 e. The fourth-order valence-electron chi connectivity index (χ4n) is 7.85. The zero-order valence-electron chi connectivity index (χ0n) is 32.9. The molecule has 262 valence electrons. The van der Waals surface area contributed by atoms with Crippen LogP contribution in [0.3, 0.4) is 0 Å². The molecule has 4 nitrogen and oxygen atoms in total. The molecule has 0 saturated carbocycles. The second kappa shape index (κ2) is 13.3. The summed E-state index contributed by atoms with van der Waals surface area (Å²) in [5.41, 5.74) is 9.48. The summed E-state index contributed by atoms with van der Waals surface area (Å²) in [4.78, 5) is 15.4. The Kier molecular flexibility index (Phi) is 6.92. The first-order chi connectivity index (χ1) is 29.0. The van der Waals surface area contributed by atoms with E-state index in [0.717, 1.165) is 44.4 Å². The van der Waals surface area contributed by atoms with Crippen molar-refractivity contribution in [2.75, 3.05) is 0 Å². The number of hydrogen-bond acceptors (Lipinski definition) is 4. The second-order valence-electron chi connectivity index (χ2n) is 13.8. The highest BCUT2D eigenvalue weighted by atomic mass is 32.1. The molecule has 56 heavy (non-hydrogen) atoms. The van der Waals surface area contributed by atoms with Crippen LogP contribution in [0.15, 0.2) is 194 Å². The van der Waals surface area contributed by atoms with Gasteiger partial charge in [-0.15, -0.1) is 11.3 Å². The van der Waals surface area contributed by atoms with Crippen LogP contribution in [0.4, 0.5) is 0 Å². The number of hydrogen-bond donors (Lipinski definition) is 0. The molecule has 3 aromatic heterocycles. The fraction of sp³-hybridized carbons (Fsp3) is 0. The quantitative estimate of drug-likeness (QED) is 0.171. The Bertz CT molecular complexity index is 3430. The molecule has 0 amide bonds. The highest BCUT2D eigenvalue weighted by molar-refractivity contribution is 7.26. The molecule has 0 aliphatic heterocycles. The zero-order chi connectivity index (χ0) is 39.6. The van der Waals surface area contributed by atoms with Crippen molar-refractivity contribution in [3.8, 4) is 62.1 Å². The van der Waals surface area contributed by atoms with E-state index in [1.54, 1.807) is 6.07 Å². The van der Waals surface area contributed by atoms with E-state index < -0.39 is 0 Å². The summed E-state index contributed by atoms with van der Waals surface area (Å²) in [5, 5.41) is 3.97. The Labute approximate surface area is 331 Å². The van der Waals surface area contributed by atoms with Gasteiger partial charge in [-0.2, -0.15) is 0 Å². The van der Waals surface area contributed by atoms with Crippen LogP contribution in [-0.2, 0) is 0 Å². The van der Waals surface area contributed by atoms with Gasteiger partial charge in [0.15, 0.2) is 17.5 Å². The predicted molar refractivity (Wildman–Crippen MR) is 234 cm³/mol. The van der Waals surface area contributed by atoms with Crippen LogP contribution >= 0.6 is 11.3 Å². The molecule has 0 aliphatic carbocycles. The number of nitrogens with zero attached hydrogens (tertiary/aromatic N) is 4. The smallest absolute Gasteiger partial charge is 0.166 e. The SMILES string of the molecule is [2H]c1cc2c(c([2H])c1[2H])c1ccccc1n2-c1ccccc1-c1nc(-c2ccccc2)nc(-c2cccc(-c3cccc4c3sc3ccc(-c5ccccc5)cc34)c2)n1.